The number of hydrogen-bond acceptors (Lipinski definition) is 5. The van der Waals surface area contributed by atoms with E-state index in [1.807, 2.05) is 11.4 Å². The van der Waals surface area contributed by atoms with Crippen molar-refractivity contribution in [2.45, 2.75) is 37.8 Å². The molecule has 1 saturated carbocycles. The number of carbonyl (C=O) groups excluding carboxylic acids is 1. The van der Waals surface area contributed by atoms with Crippen molar-refractivity contribution in [1.82, 2.24) is 15.3 Å². The van der Waals surface area contributed by atoms with Crippen molar-refractivity contribution in [3.63, 3.8) is 0 Å². The number of carbonyl (C=O) groups is 1. The molecule has 2 aromatic rings. The molecule has 1 aliphatic heterocycles. The van der Waals surface area contributed by atoms with E-state index in [0.29, 0.717) is 6.04 Å². The van der Waals surface area contributed by atoms with Crippen molar-refractivity contribution in [1.29, 1.82) is 0 Å². The van der Waals surface area contributed by atoms with Gasteiger partial charge in [0.05, 0.1) is 10.2 Å². The Balaban J connectivity index is 1.65. The molecule has 20 heavy (non-hydrogen) atoms. The predicted octanol–water partition coefficient (Wildman–Crippen LogP) is 1.94. The van der Waals surface area contributed by atoms with E-state index >= 15 is 0 Å². The quantitative estimate of drug-likeness (QED) is 0.937. The summed E-state index contributed by atoms with van der Waals surface area (Å²) in [5.74, 6) is 1.08. The summed E-state index contributed by atoms with van der Waals surface area (Å²) in [6.45, 7) is 0.896. The minimum atomic E-state index is -0.0733. The Morgan fingerprint density at radius 1 is 1.35 bits per heavy atom. The first-order valence-electron chi connectivity index (χ1n) is 7.08. The normalized spacial score (nSPS) is 22.4. The maximum atomic E-state index is 12.4. The van der Waals surface area contributed by atoms with E-state index in [0.717, 1.165) is 48.3 Å². The summed E-state index contributed by atoms with van der Waals surface area (Å²) >= 11 is 1.64. The van der Waals surface area contributed by atoms with E-state index in [2.05, 4.69) is 20.2 Å². The molecular weight excluding hydrogens is 272 g/mol. The minimum absolute atomic E-state index is 0.0733. The van der Waals surface area contributed by atoms with Crippen LogP contribution in [0.4, 0.5) is 5.82 Å². The zero-order valence-electron chi connectivity index (χ0n) is 11.1. The van der Waals surface area contributed by atoms with Crippen LogP contribution < -0.4 is 10.2 Å². The van der Waals surface area contributed by atoms with Gasteiger partial charge in [0.15, 0.2) is 5.82 Å². The molecule has 1 N–H and O–H groups in total. The molecule has 0 unspecified atom stereocenters. The maximum Gasteiger partial charge on any atom is 0.242 e. The van der Waals surface area contributed by atoms with Gasteiger partial charge in [0.2, 0.25) is 5.91 Å². The lowest BCUT2D eigenvalue weighted by Crippen LogP contribution is -2.44. The Morgan fingerprint density at radius 3 is 3.10 bits per heavy atom. The second kappa shape index (κ2) is 4.70. The van der Waals surface area contributed by atoms with E-state index in [-0.39, 0.29) is 11.9 Å². The molecule has 3 heterocycles. The van der Waals surface area contributed by atoms with E-state index < -0.39 is 0 Å². The third kappa shape index (κ3) is 2.04. The largest absolute Gasteiger partial charge is 0.352 e. The van der Waals surface area contributed by atoms with Gasteiger partial charge in [0, 0.05) is 12.6 Å². The molecule has 104 valence electrons. The summed E-state index contributed by atoms with van der Waals surface area (Å²) in [6, 6.07) is 2.34. The summed E-state index contributed by atoms with van der Waals surface area (Å²) in [5.41, 5.74) is 0.966. The summed E-state index contributed by atoms with van der Waals surface area (Å²) in [7, 11) is 0. The van der Waals surface area contributed by atoms with Crippen LogP contribution in [0.1, 0.15) is 25.7 Å². The van der Waals surface area contributed by atoms with Crippen LogP contribution >= 0.6 is 11.3 Å². The van der Waals surface area contributed by atoms with Crippen molar-refractivity contribution >= 4 is 33.3 Å². The monoisotopic (exact) mass is 288 g/mol. The van der Waals surface area contributed by atoms with E-state index in [1.165, 1.54) is 0 Å². The zero-order valence-corrected chi connectivity index (χ0v) is 11.9. The number of anilines is 1. The molecule has 4 rings (SSSR count). The van der Waals surface area contributed by atoms with Crippen molar-refractivity contribution in [3.8, 4) is 0 Å². The average molecular weight is 288 g/mol. The minimum Gasteiger partial charge on any atom is -0.352 e. The average Bonchev–Trinajstić information content (AvgIpc) is 2.96. The molecule has 2 fully saturated rings. The molecule has 1 aliphatic carbocycles. The molecule has 1 amide bonds. The summed E-state index contributed by atoms with van der Waals surface area (Å²) < 4.78 is 1.08. The molecule has 1 atom stereocenters. The van der Waals surface area contributed by atoms with E-state index in [4.69, 9.17) is 0 Å². The number of aromatic nitrogens is 2. The first kappa shape index (κ1) is 12.1. The Kier molecular flexibility index (Phi) is 2.84. The van der Waals surface area contributed by atoms with Crippen LogP contribution in [0.15, 0.2) is 17.8 Å². The van der Waals surface area contributed by atoms with Gasteiger partial charge in [-0.3, -0.25) is 4.79 Å². The number of hydrogen-bond donors (Lipinski definition) is 1. The number of fused-ring (bicyclic) bond motifs is 1. The molecule has 2 aliphatic rings. The van der Waals surface area contributed by atoms with Gasteiger partial charge in [0.1, 0.15) is 12.4 Å². The Bertz CT molecular complexity index is 651. The van der Waals surface area contributed by atoms with Crippen LogP contribution in [0.25, 0.3) is 10.2 Å². The fraction of sp³-hybridized carbons (Fsp3) is 0.500. The fourth-order valence-corrected chi connectivity index (χ4v) is 3.65. The summed E-state index contributed by atoms with van der Waals surface area (Å²) in [6.07, 6.45) is 5.80. The van der Waals surface area contributed by atoms with Gasteiger partial charge in [-0.2, -0.15) is 0 Å². The lowest BCUT2D eigenvalue weighted by molar-refractivity contribution is -0.122. The Morgan fingerprint density at radius 2 is 2.25 bits per heavy atom. The molecule has 0 spiro atoms. The topological polar surface area (TPSA) is 58.1 Å². The third-order valence-corrected chi connectivity index (χ3v) is 4.88. The van der Waals surface area contributed by atoms with Crippen LogP contribution in [0.2, 0.25) is 0 Å². The Labute approximate surface area is 121 Å². The van der Waals surface area contributed by atoms with E-state index in [1.54, 1.807) is 17.7 Å². The molecule has 0 aromatic carbocycles. The highest BCUT2D eigenvalue weighted by atomic mass is 32.1. The summed E-state index contributed by atoms with van der Waals surface area (Å²) in [4.78, 5) is 23.2. The van der Waals surface area contributed by atoms with Crippen molar-refractivity contribution in [2.24, 2.45) is 0 Å². The zero-order chi connectivity index (χ0) is 13.5. The highest BCUT2D eigenvalue weighted by Crippen LogP contribution is 2.33. The third-order valence-electron chi connectivity index (χ3n) is 3.98. The van der Waals surface area contributed by atoms with Gasteiger partial charge in [-0.25, -0.2) is 9.97 Å². The lowest BCUT2D eigenvalue weighted by Gasteiger charge is -2.25. The molecule has 2 aromatic heterocycles. The SMILES string of the molecule is O=C(NC1CC1)[C@H]1CCCN1c1ncnc2ccsc12. The smallest absolute Gasteiger partial charge is 0.242 e. The van der Waals surface area contributed by atoms with E-state index in [9.17, 15) is 4.79 Å². The molecule has 5 nitrogen and oxygen atoms in total. The molecule has 6 heteroatoms. The number of amides is 1. The van der Waals surface area contributed by atoms with Gasteiger partial charge >= 0.3 is 0 Å². The first-order chi connectivity index (χ1) is 9.83. The molecule has 0 bridgehead atoms. The highest BCUT2D eigenvalue weighted by molar-refractivity contribution is 7.17. The van der Waals surface area contributed by atoms with Gasteiger partial charge in [0.25, 0.3) is 0 Å². The Hall–Kier alpha value is -1.69. The van der Waals surface area contributed by atoms with Crippen LogP contribution in [0.3, 0.4) is 0 Å². The molecular formula is C14H16N4OS. The number of nitrogens with one attached hydrogen (secondary N) is 1. The van der Waals surface area contributed by atoms with Gasteiger partial charge in [-0.05, 0) is 37.1 Å². The first-order valence-corrected chi connectivity index (χ1v) is 7.96. The van der Waals surface area contributed by atoms with Crippen molar-refractivity contribution in [2.75, 3.05) is 11.4 Å². The van der Waals surface area contributed by atoms with Gasteiger partial charge in [-0.1, -0.05) is 0 Å². The lowest BCUT2D eigenvalue weighted by atomic mass is 10.2. The number of rotatable bonds is 3. The standard InChI is InChI=1S/C14H16N4OS/c19-14(17-9-3-4-9)11-2-1-6-18(11)13-12-10(5-7-20-12)15-8-16-13/h5,7-9,11H,1-4,6H2,(H,17,19)/t11-/m1/s1. The van der Waals surface area contributed by atoms with Crippen molar-refractivity contribution < 1.29 is 4.79 Å². The van der Waals surface area contributed by atoms with Crippen LogP contribution in [0, 0.1) is 0 Å². The summed E-state index contributed by atoms with van der Waals surface area (Å²) in [5, 5.41) is 5.14. The van der Waals surface area contributed by atoms with Gasteiger partial charge < -0.3 is 10.2 Å². The second-order valence-electron chi connectivity index (χ2n) is 5.47. The van der Waals surface area contributed by atoms with Crippen molar-refractivity contribution in [3.05, 3.63) is 17.8 Å². The number of nitrogens with zero attached hydrogens (tertiary/aromatic N) is 3. The van der Waals surface area contributed by atoms with Gasteiger partial charge in [-0.15, -0.1) is 11.3 Å². The second-order valence-corrected chi connectivity index (χ2v) is 6.38. The maximum absolute atomic E-state index is 12.4. The molecule has 0 radical (unpaired) electrons. The fourth-order valence-electron chi connectivity index (χ4n) is 2.80. The van der Waals surface area contributed by atoms with Crippen LogP contribution in [-0.4, -0.2) is 34.5 Å². The van der Waals surface area contributed by atoms with Crippen LogP contribution in [0.5, 0.6) is 0 Å². The highest BCUT2D eigenvalue weighted by Gasteiger charge is 2.35. The van der Waals surface area contributed by atoms with Crippen LogP contribution in [-0.2, 0) is 4.79 Å². The number of thiophene rings is 1. The molecule has 1 saturated heterocycles. The predicted molar refractivity (Wildman–Crippen MR) is 78.9 cm³/mol.